The maximum atomic E-state index is 11.8. The summed E-state index contributed by atoms with van der Waals surface area (Å²) >= 11 is 0. The molecular formula is C14H16O5. The Hall–Kier alpha value is -2.17. The van der Waals surface area contributed by atoms with E-state index in [1.807, 2.05) is 0 Å². The van der Waals surface area contributed by atoms with E-state index in [1.54, 1.807) is 33.1 Å². The summed E-state index contributed by atoms with van der Waals surface area (Å²) in [6.45, 7) is 3.85. The van der Waals surface area contributed by atoms with Crippen LogP contribution in [-0.2, 0) is 4.74 Å². The van der Waals surface area contributed by atoms with Crippen molar-refractivity contribution in [2.24, 2.45) is 0 Å². The van der Waals surface area contributed by atoms with Crippen LogP contribution < -0.4 is 9.47 Å². The van der Waals surface area contributed by atoms with Crippen molar-refractivity contribution < 1.29 is 23.4 Å². The van der Waals surface area contributed by atoms with Gasteiger partial charge in [0.05, 0.1) is 20.8 Å². The Bertz CT molecular complexity index is 612. The Labute approximate surface area is 111 Å². The van der Waals surface area contributed by atoms with Crippen LogP contribution in [0.25, 0.3) is 11.0 Å². The largest absolute Gasteiger partial charge is 0.497 e. The summed E-state index contributed by atoms with van der Waals surface area (Å²) in [5.74, 6) is 0.886. The third kappa shape index (κ3) is 2.23. The lowest BCUT2D eigenvalue weighted by molar-refractivity contribution is 0.0491. The lowest BCUT2D eigenvalue weighted by Crippen LogP contribution is -2.04. The zero-order valence-corrected chi connectivity index (χ0v) is 11.4. The van der Waals surface area contributed by atoms with E-state index in [-0.39, 0.29) is 5.76 Å². The standard InChI is InChI=1S/C14H16O5/c1-5-18-14(15)12-8(2)10-6-9(16-3)7-11(17-4)13(10)19-12/h6-7H,5H2,1-4H3. The third-order valence-electron chi connectivity index (χ3n) is 2.89. The van der Waals surface area contributed by atoms with Gasteiger partial charge < -0.3 is 18.6 Å². The van der Waals surface area contributed by atoms with Gasteiger partial charge in [-0.25, -0.2) is 4.79 Å². The second-order valence-electron chi connectivity index (χ2n) is 3.98. The topological polar surface area (TPSA) is 57.9 Å². The van der Waals surface area contributed by atoms with Crippen LogP contribution in [0.4, 0.5) is 0 Å². The third-order valence-corrected chi connectivity index (χ3v) is 2.89. The summed E-state index contributed by atoms with van der Waals surface area (Å²) in [5, 5.41) is 0.777. The van der Waals surface area contributed by atoms with Crippen molar-refractivity contribution in [2.45, 2.75) is 13.8 Å². The van der Waals surface area contributed by atoms with Crippen molar-refractivity contribution in [1.82, 2.24) is 0 Å². The lowest BCUT2D eigenvalue weighted by atomic mass is 10.1. The van der Waals surface area contributed by atoms with Gasteiger partial charge in [0.1, 0.15) is 5.75 Å². The molecule has 0 spiro atoms. The number of hydrogen-bond acceptors (Lipinski definition) is 5. The second kappa shape index (κ2) is 5.22. The molecule has 0 unspecified atom stereocenters. The maximum Gasteiger partial charge on any atom is 0.374 e. The van der Waals surface area contributed by atoms with Gasteiger partial charge in [0.25, 0.3) is 0 Å². The average molecular weight is 264 g/mol. The van der Waals surface area contributed by atoms with E-state index < -0.39 is 5.97 Å². The van der Waals surface area contributed by atoms with Crippen molar-refractivity contribution in [2.75, 3.05) is 20.8 Å². The van der Waals surface area contributed by atoms with Crippen LogP contribution >= 0.6 is 0 Å². The van der Waals surface area contributed by atoms with E-state index in [9.17, 15) is 4.79 Å². The van der Waals surface area contributed by atoms with Crippen LogP contribution in [-0.4, -0.2) is 26.8 Å². The normalized spacial score (nSPS) is 10.5. The summed E-state index contributed by atoms with van der Waals surface area (Å²) in [6, 6.07) is 3.51. The molecule has 0 atom stereocenters. The van der Waals surface area contributed by atoms with Crippen LogP contribution in [0.1, 0.15) is 23.0 Å². The summed E-state index contributed by atoms with van der Waals surface area (Å²) in [5.41, 5.74) is 1.23. The van der Waals surface area contributed by atoms with Gasteiger partial charge in [-0.05, 0) is 19.9 Å². The number of rotatable bonds is 4. The van der Waals surface area contributed by atoms with E-state index in [0.29, 0.717) is 29.3 Å². The van der Waals surface area contributed by atoms with Gasteiger partial charge >= 0.3 is 5.97 Å². The molecule has 0 saturated heterocycles. The van der Waals surface area contributed by atoms with Gasteiger partial charge in [-0.3, -0.25) is 0 Å². The first-order chi connectivity index (χ1) is 9.12. The zero-order chi connectivity index (χ0) is 14.0. The predicted octanol–water partition coefficient (Wildman–Crippen LogP) is 2.94. The number of aryl methyl sites for hydroxylation is 1. The molecule has 0 N–H and O–H groups in total. The first kappa shape index (κ1) is 13.3. The van der Waals surface area contributed by atoms with Crippen molar-refractivity contribution in [3.63, 3.8) is 0 Å². The molecule has 0 bridgehead atoms. The Balaban J connectivity index is 2.65. The molecule has 102 valence electrons. The highest BCUT2D eigenvalue weighted by Crippen LogP contribution is 2.36. The second-order valence-corrected chi connectivity index (χ2v) is 3.98. The number of fused-ring (bicyclic) bond motifs is 1. The molecule has 1 aromatic carbocycles. The SMILES string of the molecule is CCOC(=O)c1oc2c(OC)cc(OC)cc2c1C. The smallest absolute Gasteiger partial charge is 0.374 e. The Morgan fingerprint density at radius 2 is 2.00 bits per heavy atom. The van der Waals surface area contributed by atoms with E-state index in [4.69, 9.17) is 18.6 Å². The molecule has 1 heterocycles. The number of hydrogen-bond donors (Lipinski definition) is 0. The fourth-order valence-electron chi connectivity index (χ4n) is 1.92. The van der Waals surface area contributed by atoms with Crippen LogP contribution in [0.2, 0.25) is 0 Å². The monoisotopic (exact) mass is 264 g/mol. The number of carbonyl (C=O) groups excluding carboxylic acids is 1. The molecule has 0 saturated carbocycles. The highest BCUT2D eigenvalue weighted by Gasteiger charge is 2.21. The first-order valence-electron chi connectivity index (χ1n) is 5.94. The molecule has 0 aliphatic carbocycles. The molecule has 0 amide bonds. The molecule has 0 aliphatic heterocycles. The molecule has 0 radical (unpaired) electrons. The molecule has 0 aliphatic rings. The van der Waals surface area contributed by atoms with E-state index in [0.717, 1.165) is 5.39 Å². The average Bonchev–Trinajstić information content (AvgIpc) is 2.75. The van der Waals surface area contributed by atoms with E-state index in [1.165, 1.54) is 7.11 Å². The maximum absolute atomic E-state index is 11.8. The minimum atomic E-state index is -0.475. The number of carbonyl (C=O) groups is 1. The first-order valence-corrected chi connectivity index (χ1v) is 5.94. The van der Waals surface area contributed by atoms with Gasteiger partial charge in [-0.2, -0.15) is 0 Å². The van der Waals surface area contributed by atoms with Gasteiger partial charge in [-0.1, -0.05) is 0 Å². The van der Waals surface area contributed by atoms with E-state index >= 15 is 0 Å². The molecule has 5 nitrogen and oxygen atoms in total. The van der Waals surface area contributed by atoms with Crippen molar-refractivity contribution >= 4 is 16.9 Å². The van der Waals surface area contributed by atoms with Gasteiger partial charge in [0, 0.05) is 17.0 Å². The quantitative estimate of drug-likeness (QED) is 0.795. The van der Waals surface area contributed by atoms with Gasteiger partial charge in [0.15, 0.2) is 11.3 Å². The Morgan fingerprint density at radius 3 is 2.58 bits per heavy atom. The molecule has 19 heavy (non-hydrogen) atoms. The highest BCUT2D eigenvalue weighted by molar-refractivity contribution is 5.98. The number of benzene rings is 1. The predicted molar refractivity (Wildman–Crippen MR) is 70.0 cm³/mol. The fraction of sp³-hybridized carbons (Fsp3) is 0.357. The number of methoxy groups -OCH3 is 2. The number of esters is 1. The number of ether oxygens (including phenoxy) is 3. The summed E-state index contributed by atoms with van der Waals surface area (Å²) in [7, 11) is 3.11. The van der Waals surface area contributed by atoms with Crippen LogP contribution in [0, 0.1) is 6.92 Å². The van der Waals surface area contributed by atoms with Crippen LogP contribution in [0.3, 0.4) is 0 Å². The van der Waals surface area contributed by atoms with Crippen molar-refractivity contribution in [3.05, 3.63) is 23.5 Å². The zero-order valence-electron chi connectivity index (χ0n) is 11.4. The number of furan rings is 1. The highest BCUT2D eigenvalue weighted by atomic mass is 16.5. The Kier molecular flexibility index (Phi) is 3.64. The van der Waals surface area contributed by atoms with E-state index in [2.05, 4.69) is 0 Å². The molecule has 5 heteroatoms. The molecular weight excluding hydrogens is 248 g/mol. The Morgan fingerprint density at radius 1 is 1.26 bits per heavy atom. The van der Waals surface area contributed by atoms with Gasteiger partial charge in [0.2, 0.25) is 5.76 Å². The van der Waals surface area contributed by atoms with Crippen LogP contribution in [0.15, 0.2) is 16.5 Å². The minimum absolute atomic E-state index is 0.198. The van der Waals surface area contributed by atoms with Crippen molar-refractivity contribution in [3.8, 4) is 11.5 Å². The minimum Gasteiger partial charge on any atom is -0.497 e. The molecule has 0 fully saturated rings. The molecule has 2 aromatic rings. The summed E-state index contributed by atoms with van der Waals surface area (Å²) in [6.07, 6.45) is 0. The fourth-order valence-corrected chi connectivity index (χ4v) is 1.92. The summed E-state index contributed by atoms with van der Waals surface area (Å²) < 4.78 is 21.0. The molecule has 1 aromatic heterocycles. The summed E-state index contributed by atoms with van der Waals surface area (Å²) in [4.78, 5) is 11.8. The lowest BCUT2D eigenvalue weighted by Gasteiger charge is -2.04. The van der Waals surface area contributed by atoms with Crippen molar-refractivity contribution in [1.29, 1.82) is 0 Å². The van der Waals surface area contributed by atoms with Gasteiger partial charge in [-0.15, -0.1) is 0 Å². The molecule has 2 rings (SSSR count). The van der Waals surface area contributed by atoms with Crippen LogP contribution in [0.5, 0.6) is 11.5 Å².